The van der Waals surface area contributed by atoms with Crippen LogP contribution in [0.15, 0.2) is 36.9 Å². The second-order valence-corrected chi connectivity index (χ2v) is 11.2. The van der Waals surface area contributed by atoms with Crippen molar-refractivity contribution in [2.45, 2.75) is 50.9 Å². The zero-order valence-electron chi connectivity index (χ0n) is 26.0. The van der Waals surface area contributed by atoms with Crippen molar-refractivity contribution in [1.82, 2.24) is 40.1 Å². The Labute approximate surface area is 275 Å². The molecule has 0 radical (unpaired) electrons. The summed E-state index contributed by atoms with van der Waals surface area (Å²) in [6, 6.07) is 2.83. The number of carbonyl (C=O) groups is 3. The quantitative estimate of drug-likeness (QED) is 0.103. The van der Waals surface area contributed by atoms with Crippen molar-refractivity contribution in [1.29, 1.82) is 0 Å². The maximum atomic E-state index is 13.8. The van der Waals surface area contributed by atoms with E-state index in [1.807, 2.05) is 0 Å². The number of alkyl halides is 5. The fourth-order valence-corrected chi connectivity index (χ4v) is 5.51. The first kappa shape index (κ1) is 35.1. The van der Waals surface area contributed by atoms with E-state index in [0.29, 0.717) is 30.6 Å². The van der Waals surface area contributed by atoms with Crippen LogP contribution in [-0.4, -0.2) is 85.7 Å². The van der Waals surface area contributed by atoms with Gasteiger partial charge in [-0.1, -0.05) is 6.92 Å². The smallest absolute Gasteiger partial charge is 0.426 e. The topological polar surface area (TPSA) is 177 Å². The van der Waals surface area contributed by atoms with E-state index in [2.05, 4.69) is 36.3 Å². The summed E-state index contributed by atoms with van der Waals surface area (Å²) in [6.07, 6.45) is -2.20. The Hall–Kier alpha value is -5.17. The van der Waals surface area contributed by atoms with Crippen LogP contribution < -0.4 is 26.0 Å². The summed E-state index contributed by atoms with van der Waals surface area (Å²) in [5, 5.41) is 25.1. The van der Waals surface area contributed by atoms with E-state index in [4.69, 9.17) is 4.74 Å². The molecule has 3 aromatic heterocycles. The van der Waals surface area contributed by atoms with Crippen LogP contribution in [0.4, 0.5) is 33.5 Å². The third-order valence-electron chi connectivity index (χ3n) is 7.90. The van der Waals surface area contributed by atoms with Crippen LogP contribution in [0.5, 0.6) is 5.75 Å². The van der Waals surface area contributed by atoms with Crippen molar-refractivity contribution in [2.75, 3.05) is 31.5 Å². The Balaban J connectivity index is 1.38. The summed E-state index contributed by atoms with van der Waals surface area (Å²) in [4.78, 5) is 45.5. The van der Waals surface area contributed by atoms with Crippen molar-refractivity contribution >= 4 is 35.4 Å². The number of hydrogen-bond acceptors (Lipinski definition) is 10. The van der Waals surface area contributed by atoms with Gasteiger partial charge in [0.1, 0.15) is 6.54 Å². The summed E-state index contributed by atoms with van der Waals surface area (Å²) >= 11 is 0. The molecule has 1 aromatic carbocycles. The molecule has 0 spiro atoms. The van der Waals surface area contributed by atoms with Crippen molar-refractivity contribution in [3.05, 3.63) is 53.7 Å². The molecule has 0 atom stereocenters. The number of fused-ring (bicyclic) bond motifs is 1. The second-order valence-electron chi connectivity index (χ2n) is 11.2. The standard InChI is InChI=1S/C30H32F5N9O5/c1-2-17-18(28(47)39-12-23(46)40-15-29(48)5-7-36-8-6-29)3-4-20(24(17)49-16-45)41-26-27-38-11-21(44(27)10-9-37-26)19-13-43(14-22(31)32)42-25(19)30(33,34)35/h3-4,9-11,13,16,22,36,48H,2,5-8,12,14-15H2,1H3,(H,37,41)(H,39,47)(H,40,46). The number of halogens is 5. The van der Waals surface area contributed by atoms with E-state index >= 15 is 0 Å². The van der Waals surface area contributed by atoms with Crippen LogP contribution in [0.3, 0.4) is 0 Å². The Kier molecular flexibility index (Phi) is 10.4. The molecule has 4 heterocycles. The van der Waals surface area contributed by atoms with Crippen molar-refractivity contribution in [3.63, 3.8) is 0 Å². The number of amides is 2. The van der Waals surface area contributed by atoms with Crippen LogP contribution >= 0.6 is 0 Å². The molecule has 0 saturated carbocycles. The Bertz CT molecular complexity index is 1840. The first-order valence-electron chi connectivity index (χ1n) is 15.1. The Morgan fingerprint density at radius 1 is 1.18 bits per heavy atom. The van der Waals surface area contributed by atoms with E-state index in [9.17, 15) is 41.4 Å². The van der Waals surface area contributed by atoms with Gasteiger partial charge in [0.05, 0.1) is 35.3 Å². The number of benzene rings is 1. The van der Waals surface area contributed by atoms with Crippen LogP contribution in [0.1, 0.15) is 41.4 Å². The lowest BCUT2D eigenvalue weighted by Gasteiger charge is -2.32. The van der Waals surface area contributed by atoms with Gasteiger partial charge in [0.15, 0.2) is 22.9 Å². The lowest BCUT2D eigenvalue weighted by atomic mass is 9.92. The number of nitrogens with zero attached hydrogens (tertiary/aromatic N) is 5. The zero-order chi connectivity index (χ0) is 35.3. The second kappa shape index (κ2) is 14.5. The van der Waals surface area contributed by atoms with Gasteiger partial charge in [-0.05, 0) is 44.5 Å². The molecule has 0 aliphatic carbocycles. The number of aliphatic hydroxyl groups is 1. The first-order valence-corrected chi connectivity index (χ1v) is 15.1. The van der Waals surface area contributed by atoms with Gasteiger partial charge in [-0.15, -0.1) is 0 Å². The highest BCUT2D eigenvalue weighted by Crippen LogP contribution is 2.38. The van der Waals surface area contributed by atoms with E-state index in [1.54, 1.807) is 6.92 Å². The summed E-state index contributed by atoms with van der Waals surface area (Å²) in [7, 11) is 0. The maximum Gasteiger partial charge on any atom is 0.435 e. The van der Waals surface area contributed by atoms with Gasteiger partial charge in [-0.2, -0.15) is 18.3 Å². The highest BCUT2D eigenvalue weighted by molar-refractivity contribution is 5.99. The third kappa shape index (κ3) is 7.94. The molecule has 0 unspecified atom stereocenters. The van der Waals surface area contributed by atoms with Crippen molar-refractivity contribution < 1.29 is 46.2 Å². The number of ether oxygens (including phenoxy) is 1. The fourth-order valence-electron chi connectivity index (χ4n) is 5.51. The summed E-state index contributed by atoms with van der Waals surface area (Å²) < 4.78 is 74.4. The SMILES string of the molecule is CCc1c(C(=O)NCC(=O)NCC2(O)CCNCC2)ccc(Nc2nccn3c(-c4cn(CC(F)F)nc4C(F)(F)F)cnc23)c1OC=O. The van der Waals surface area contributed by atoms with Crippen LogP contribution in [0, 0.1) is 0 Å². The number of imidazole rings is 1. The summed E-state index contributed by atoms with van der Waals surface area (Å²) in [5.41, 5.74) is -2.42. The van der Waals surface area contributed by atoms with Crippen molar-refractivity contribution in [3.8, 4) is 17.0 Å². The van der Waals surface area contributed by atoms with E-state index in [0.717, 1.165) is 12.4 Å². The molecule has 2 amide bonds. The maximum absolute atomic E-state index is 13.8. The Morgan fingerprint density at radius 2 is 1.94 bits per heavy atom. The van der Waals surface area contributed by atoms with Gasteiger partial charge in [-0.25, -0.2) is 18.7 Å². The number of anilines is 2. The minimum atomic E-state index is -4.95. The largest absolute Gasteiger partial charge is 0.435 e. The van der Waals surface area contributed by atoms with Gasteiger partial charge in [0.25, 0.3) is 18.8 Å². The molecular formula is C30H32F5N9O5. The molecule has 19 heteroatoms. The first-order chi connectivity index (χ1) is 23.3. The van der Waals surface area contributed by atoms with Gasteiger partial charge < -0.3 is 31.1 Å². The molecular weight excluding hydrogens is 661 g/mol. The van der Waals surface area contributed by atoms with E-state index < -0.39 is 47.8 Å². The fraction of sp³-hybridized carbons (Fsp3) is 0.400. The monoisotopic (exact) mass is 693 g/mol. The highest BCUT2D eigenvalue weighted by Gasteiger charge is 2.38. The third-order valence-corrected chi connectivity index (χ3v) is 7.90. The predicted molar refractivity (Wildman–Crippen MR) is 163 cm³/mol. The van der Waals surface area contributed by atoms with E-state index in [-0.39, 0.29) is 65.7 Å². The number of nitrogens with one attached hydrogen (secondary N) is 4. The number of carbonyl (C=O) groups excluding carboxylic acids is 3. The predicted octanol–water partition coefficient (Wildman–Crippen LogP) is 2.68. The average Bonchev–Trinajstić information content (AvgIpc) is 3.68. The van der Waals surface area contributed by atoms with Gasteiger partial charge in [-0.3, -0.25) is 23.5 Å². The van der Waals surface area contributed by atoms with E-state index in [1.165, 1.54) is 28.9 Å². The molecule has 1 aliphatic heterocycles. The number of piperidine rings is 1. The number of rotatable bonds is 13. The molecule has 0 bridgehead atoms. The van der Waals surface area contributed by atoms with Crippen molar-refractivity contribution in [2.24, 2.45) is 0 Å². The molecule has 4 aromatic rings. The minimum Gasteiger partial charge on any atom is -0.426 e. The lowest BCUT2D eigenvalue weighted by molar-refractivity contribution is -0.141. The summed E-state index contributed by atoms with van der Waals surface area (Å²) in [6.45, 7) is 1.70. The molecule has 14 nitrogen and oxygen atoms in total. The molecule has 1 aliphatic rings. The molecule has 1 fully saturated rings. The lowest BCUT2D eigenvalue weighted by Crippen LogP contribution is -2.51. The summed E-state index contributed by atoms with van der Waals surface area (Å²) in [5.74, 6) is -1.18. The molecule has 262 valence electrons. The van der Waals surface area contributed by atoms with Gasteiger partial charge in [0, 0.05) is 36.3 Å². The Morgan fingerprint density at radius 3 is 2.61 bits per heavy atom. The van der Waals surface area contributed by atoms with Crippen LogP contribution in [0.2, 0.25) is 0 Å². The average molecular weight is 694 g/mol. The van der Waals surface area contributed by atoms with Gasteiger partial charge in [0.2, 0.25) is 5.91 Å². The molecule has 5 rings (SSSR count). The highest BCUT2D eigenvalue weighted by atomic mass is 19.4. The number of hydrogen-bond donors (Lipinski definition) is 5. The normalized spacial score (nSPS) is 14.5. The van der Waals surface area contributed by atoms with Gasteiger partial charge >= 0.3 is 6.18 Å². The molecule has 49 heavy (non-hydrogen) atoms. The van der Waals surface area contributed by atoms with Crippen LogP contribution in [-0.2, 0) is 28.7 Å². The molecule has 5 N–H and O–H groups in total. The minimum absolute atomic E-state index is 0.0179. The molecule has 1 saturated heterocycles. The zero-order valence-corrected chi connectivity index (χ0v) is 26.0. The van der Waals surface area contributed by atoms with Crippen LogP contribution in [0.25, 0.3) is 16.9 Å². The number of aromatic nitrogens is 5.